The maximum atomic E-state index is 8.89. The van der Waals surface area contributed by atoms with Gasteiger partial charge in [0, 0.05) is 31.5 Å². The van der Waals surface area contributed by atoms with Crippen LogP contribution in [0.5, 0.6) is 0 Å². The molecule has 0 saturated heterocycles. The van der Waals surface area contributed by atoms with Gasteiger partial charge < -0.3 is 20.4 Å². The Bertz CT molecular complexity index is 268. The van der Waals surface area contributed by atoms with Crippen LogP contribution >= 0.6 is 0 Å². The summed E-state index contributed by atoms with van der Waals surface area (Å²) in [6.45, 7) is 1.26. The number of rotatable bonds is 6. The Balaban J connectivity index is 2.72. The number of anilines is 2. The molecule has 4 nitrogen and oxygen atoms in total. The molecule has 84 valence electrons. The van der Waals surface area contributed by atoms with E-state index in [-0.39, 0.29) is 13.2 Å². The predicted octanol–water partition coefficient (Wildman–Crippen LogP) is 0.519. The number of aliphatic hydroxyl groups is 2. The first-order valence-corrected chi connectivity index (χ1v) is 5.06. The number of nitrogens with zero attached hydrogens (tertiary/aromatic N) is 1. The number of hydrogen-bond donors (Lipinski definition) is 3. The van der Waals surface area contributed by atoms with E-state index in [9.17, 15) is 0 Å². The first-order valence-electron chi connectivity index (χ1n) is 5.06. The van der Waals surface area contributed by atoms with E-state index in [1.807, 2.05) is 36.2 Å². The molecule has 0 radical (unpaired) electrons. The van der Waals surface area contributed by atoms with Crippen LogP contribution < -0.4 is 10.2 Å². The molecule has 4 heteroatoms. The van der Waals surface area contributed by atoms with Crippen LogP contribution in [0.25, 0.3) is 0 Å². The second-order valence-corrected chi connectivity index (χ2v) is 3.23. The van der Waals surface area contributed by atoms with Gasteiger partial charge in [0.15, 0.2) is 0 Å². The molecular formula is C11H18N2O2. The molecule has 0 aliphatic rings. The summed E-state index contributed by atoms with van der Waals surface area (Å²) in [5.41, 5.74) is 2.06. The van der Waals surface area contributed by atoms with Crippen molar-refractivity contribution in [3.8, 4) is 0 Å². The van der Waals surface area contributed by atoms with E-state index >= 15 is 0 Å². The van der Waals surface area contributed by atoms with Crippen LogP contribution in [0.3, 0.4) is 0 Å². The number of nitrogens with one attached hydrogen (secondary N) is 1. The smallest absolute Gasteiger partial charge is 0.0606 e. The van der Waals surface area contributed by atoms with Gasteiger partial charge in [0.1, 0.15) is 0 Å². The molecule has 15 heavy (non-hydrogen) atoms. The molecule has 1 rings (SSSR count). The lowest BCUT2D eigenvalue weighted by molar-refractivity contribution is 0.281. The predicted molar refractivity (Wildman–Crippen MR) is 62.4 cm³/mol. The van der Waals surface area contributed by atoms with Crippen molar-refractivity contribution in [2.24, 2.45) is 0 Å². The molecular weight excluding hydrogens is 192 g/mol. The van der Waals surface area contributed by atoms with Gasteiger partial charge in [0.2, 0.25) is 0 Å². The molecule has 0 bridgehead atoms. The van der Waals surface area contributed by atoms with Gasteiger partial charge >= 0.3 is 0 Å². The highest BCUT2D eigenvalue weighted by Crippen LogP contribution is 2.16. The number of aliphatic hydroxyl groups excluding tert-OH is 2. The average Bonchev–Trinajstić information content (AvgIpc) is 2.29. The van der Waals surface area contributed by atoms with Gasteiger partial charge in [-0.15, -0.1) is 0 Å². The summed E-state index contributed by atoms with van der Waals surface area (Å²) < 4.78 is 0. The zero-order valence-corrected chi connectivity index (χ0v) is 8.98. The summed E-state index contributed by atoms with van der Waals surface area (Å²) in [5.74, 6) is 0. The first kappa shape index (κ1) is 11.8. The fraction of sp³-hybridized carbons (Fsp3) is 0.455. The van der Waals surface area contributed by atoms with E-state index in [0.717, 1.165) is 11.4 Å². The molecule has 0 unspecified atom stereocenters. The summed E-state index contributed by atoms with van der Waals surface area (Å²) >= 11 is 0. The van der Waals surface area contributed by atoms with Crippen molar-refractivity contribution >= 4 is 11.4 Å². The Labute approximate surface area is 90.2 Å². The van der Waals surface area contributed by atoms with Gasteiger partial charge in [-0.3, -0.25) is 0 Å². The van der Waals surface area contributed by atoms with Crippen molar-refractivity contribution in [1.82, 2.24) is 0 Å². The lowest BCUT2D eigenvalue weighted by Crippen LogP contribution is -2.29. The maximum absolute atomic E-state index is 8.89. The highest BCUT2D eigenvalue weighted by atomic mass is 16.3. The van der Waals surface area contributed by atoms with Gasteiger partial charge in [-0.1, -0.05) is 0 Å². The largest absolute Gasteiger partial charge is 0.395 e. The third kappa shape index (κ3) is 3.42. The fourth-order valence-electron chi connectivity index (χ4n) is 1.45. The second-order valence-electron chi connectivity index (χ2n) is 3.23. The van der Waals surface area contributed by atoms with Crippen LogP contribution in [0.4, 0.5) is 11.4 Å². The van der Waals surface area contributed by atoms with Crippen LogP contribution in [0.1, 0.15) is 0 Å². The minimum Gasteiger partial charge on any atom is -0.395 e. The molecule has 0 aromatic heterocycles. The molecule has 0 fully saturated rings. The van der Waals surface area contributed by atoms with E-state index < -0.39 is 0 Å². The SMILES string of the molecule is CNc1ccc(N(CCO)CCO)cc1. The van der Waals surface area contributed by atoms with Crippen LogP contribution in [0, 0.1) is 0 Å². The molecule has 3 N–H and O–H groups in total. The van der Waals surface area contributed by atoms with Crippen LogP contribution in [0.15, 0.2) is 24.3 Å². The quantitative estimate of drug-likeness (QED) is 0.640. The fourth-order valence-corrected chi connectivity index (χ4v) is 1.45. The van der Waals surface area contributed by atoms with Crippen LogP contribution in [-0.4, -0.2) is 43.6 Å². The normalized spacial score (nSPS) is 10.1. The molecule has 0 aliphatic carbocycles. The minimum atomic E-state index is 0.0911. The summed E-state index contributed by atoms with van der Waals surface area (Å²) in [6, 6.07) is 7.88. The topological polar surface area (TPSA) is 55.7 Å². The van der Waals surface area contributed by atoms with Gasteiger partial charge in [0.05, 0.1) is 13.2 Å². The Kier molecular flexibility index (Phi) is 4.93. The monoisotopic (exact) mass is 210 g/mol. The summed E-state index contributed by atoms with van der Waals surface area (Å²) in [4.78, 5) is 1.94. The van der Waals surface area contributed by atoms with Crippen molar-refractivity contribution < 1.29 is 10.2 Å². The van der Waals surface area contributed by atoms with E-state index in [2.05, 4.69) is 5.32 Å². The Morgan fingerprint density at radius 3 is 2.00 bits per heavy atom. The third-order valence-corrected chi connectivity index (χ3v) is 2.26. The Hall–Kier alpha value is -1.26. The lowest BCUT2D eigenvalue weighted by atomic mass is 10.2. The number of hydrogen-bond acceptors (Lipinski definition) is 4. The minimum absolute atomic E-state index is 0.0911. The van der Waals surface area contributed by atoms with E-state index in [1.54, 1.807) is 0 Å². The van der Waals surface area contributed by atoms with Crippen LogP contribution in [0.2, 0.25) is 0 Å². The molecule has 0 amide bonds. The second kappa shape index (κ2) is 6.27. The summed E-state index contributed by atoms with van der Waals surface area (Å²) in [5, 5.41) is 20.8. The molecule has 0 spiro atoms. The zero-order chi connectivity index (χ0) is 11.1. The van der Waals surface area contributed by atoms with Crippen molar-refractivity contribution in [2.75, 3.05) is 43.6 Å². The highest BCUT2D eigenvalue weighted by molar-refractivity contribution is 5.54. The molecule has 0 aliphatic heterocycles. The van der Waals surface area contributed by atoms with Gasteiger partial charge in [0.25, 0.3) is 0 Å². The van der Waals surface area contributed by atoms with Crippen LogP contribution in [-0.2, 0) is 0 Å². The Morgan fingerprint density at radius 1 is 1.07 bits per heavy atom. The van der Waals surface area contributed by atoms with E-state index in [1.165, 1.54) is 0 Å². The van der Waals surface area contributed by atoms with Gasteiger partial charge in [-0.2, -0.15) is 0 Å². The molecule has 1 aromatic rings. The van der Waals surface area contributed by atoms with Gasteiger partial charge in [-0.05, 0) is 24.3 Å². The van der Waals surface area contributed by atoms with Crippen molar-refractivity contribution in [3.05, 3.63) is 24.3 Å². The lowest BCUT2D eigenvalue weighted by Gasteiger charge is -2.23. The Morgan fingerprint density at radius 2 is 1.60 bits per heavy atom. The molecule has 1 aromatic carbocycles. The number of benzene rings is 1. The summed E-state index contributed by atoms with van der Waals surface area (Å²) in [7, 11) is 1.87. The maximum Gasteiger partial charge on any atom is 0.0606 e. The van der Waals surface area contributed by atoms with Crippen molar-refractivity contribution in [2.45, 2.75) is 0 Å². The first-order chi connectivity index (χ1) is 7.31. The molecule has 0 saturated carbocycles. The van der Waals surface area contributed by atoms with E-state index in [0.29, 0.717) is 13.1 Å². The summed E-state index contributed by atoms with van der Waals surface area (Å²) in [6.07, 6.45) is 0. The molecule has 0 atom stereocenters. The van der Waals surface area contributed by atoms with Crippen molar-refractivity contribution in [1.29, 1.82) is 0 Å². The average molecular weight is 210 g/mol. The van der Waals surface area contributed by atoms with Crippen molar-refractivity contribution in [3.63, 3.8) is 0 Å². The zero-order valence-electron chi connectivity index (χ0n) is 8.98. The highest BCUT2D eigenvalue weighted by Gasteiger charge is 2.04. The van der Waals surface area contributed by atoms with E-state index in [4.69, 9.17) is 10.2 Å². The van der Waals surface area contributed by atoms with Gasteiger partial charge in [-0.25, -0.2) is 0 Å². The standard InChI is InChI=1S/C11H18N2O2/c1-12-10-2-4-11(5-3-10)13(6-8-14)7-9-15/h2-5,12,14-15H,6-9H2,1H3. The third-order valence-electron chi connectivity index (χ3n) is 2.26. The molecule has 0 heterocycles.